The van der Waals surface area contributed by atoms with E-state index in [1.165, 1.54) is 7.11 Å². The van der Waals surface area contributed by atoms with Crippen LogP contribution in [0.3, 0.4) is 0 Å². The molecule has 2 aromatic rings. The highest BCUT2D eigenvalue weighted by molar-refractivity contribution is 14.1. The Hall–Kier alpha value is -1.57. The maximum absolute atomic E-state index is 11.8. The Morgan fingerprint density at radius 2 is 2.12 bits per heavy atom. The van der Waals surface area contributed by atoms with Crippen LogP contribution < -0.4 is 10.2 Å². The monoisotopic (exact) mass is 345 g/mol. The number of pyridine rings is 1. The van der Waals surface area contributed by atoms with Crippen molar-refractivity contribution in [3.63, 3.8) is 0 Å². The summed E-state index contributed by atoms with van der Waals surface area (Å²) >= 11 is 2.07. The van der Waals surface area contributed by atoms with Gasteiger partial charge >= 0.3 is 5.97 Å². The van der Waals surface area contributed by atoms with Crippen molar-refractivity contribution < 1.29 is 14.6 Å². The predicted molar refractivity (Wildman–Crippen MR) is 70.8 cm³/mol. The first-order valence-electron chi connectivity index (χ1n) is 4.67. The van der Waals surface area contributed by atoms with Gasteiger partial charge in [-0.15, -0.1) is 0 Å². The van der Waals surface area contributed by atoms with Crippen molar-refractivity contribution in [2.24, 2.45) is 0 Å². The second kappa shape index (κ2) is 4.36. The van der Waals surface area contributed by atoms with E-state index in [9.17, 15) is 9.59 Å². The number of nitrogens with one attached hydrogen (secondary N) is 1. The zero-order chi connectivity index (χ0) is 12.6. The van der Waals surface area contributed by atoms with E-state index >= 15 is 0 Å². The maximum atomic E-state index is 11.8. The van der Waals surface area contributed by atoms with E-state index in [1.54, 1.807) is 12.1 Å². The van der Waals surface area contributed by atoms with Gasteiger partial charge in [0.15, 0.2) is 5.43 Å². The number of rotatable bonds is 2. The fourth-order valence-corrected chi connectivity index (χ4v) is 2.16. The number of ether oxygens (including phenoxy) is 1. The molecule has 0 fully saturated rings. The molecule has 1 aromatic carbocycles. The second-order valence-corrected chi connectivity index (χ2v) is 4.63. The van der Waals surface area contributed by atoms with Gasteiger partial charge in [0.2, 0.25) is 0 Å². The minimum Gasteiger partial charge on any atom is -0.495 e. The number of carboxylic acids is 1. The molecule has 0 saturated heterocycles. The summed E-state index contributed by atoms with van der Waals surface area (Å²) in [5, 5.41) is 9.29. The summed E-state index contributed by atoms with van der Waals surface area (Å²) < 4.78 is 5.98. The molecule has 5 nitrogen and oxygen atoms in total. The average molecular weight is 345 g/mol. The Morgan fingerprint density at radius 3 is 2.71 bits per heavy atom. The van der Waals surface area contributed by atoms with Crippen LogP contribution in [0.2, 0.25) is 0 Å². The molecular weight excluding hydrogens is 337 g/mol. The third-order valence-electron chi connectivity index (χ3n) is 2.32. The quantitative estimate of drug-likeness (QED) is 0.814. The van der Waals surface area contributed by atoms with E-state index in [0.717, 1.165) is 9.64 Å². The molecule has 2 N–H and O–H groups in total. The number of hydrogen-bond acceptors (Lipinski definition) is 3. The molecule has 1 aromatic heterocycles. The topological polar surface area (TPSA) is 79.4 Å². The molecule has 2 rings (SSSR count). The first-order valence-corrected chi connectivity index (χ1v) is 5.74. The summed E-state index contributed by atoms with van der Waals surface area (Å²) in [6.07, 6.45) is 0. The lowest BCUT2D eigenvalue weighted by Gasteiger charge is -2.07. The highest BCUT2D eigenvalue weighted by atomic mass is 127. The normalized spacial score (nSPS) is 10.5. The number of hydrogen-bond donors (Lipinski definition) is 2. The number of fused-ring (bicyclic) bond motifs is 1. The van der Waals surface area contributed by atoms with Gasteiger partial charge in [-0.05, 0) is 34.7 Å². The molecule has 1 heterocycles. The first kappa shape index (κ1) is 11.9. The summed E-state index contributed by atoms with van der Waals surface area (Å²) in [7, 11) is 1.47. The number of carboxylic acid groups (broad SMARTS) is 1. The number of aromatic amines is 1. The Morgan fingerprint density at radius 1 is 1.41 bits per heavy atom. The fourth-order valence-electron chi connectivity index (χ4n) is 1.56. The van der Waals surface area contributed by atoms with Crippen LogP contribution >= 0.6 is 22.6 Å². The third-order valence-corrected chi connectivity index (χ3v) is 2.94. The Balaban J connectivity index is 2.91. The molecule has 0 aliphatic rings. The summed E-state index contributed by atoms with van der Waals surface area (Å²) in [5.41, 5.74) is -0.0900. The van der Waals surface area contributed by atoms with Crippen LogP contribution in [0.5, 0.6) is 5.75 Å². The lowest BCUT2D eigenvalue weighted by atomic mass is 10.2. The van der Waals surface area contributed by atoms with Gasteiger partial charge < -0.3 is 14.8 Å². The Bertz CT molecular complexity index is 662. The number of aromatic carboxylic acids is 1. The zero-order valence-corrected chi connectivity index (χ0v) is 10.9. The number of halogens is 1. The van der Waals surface area contributed by atoms with Gasteiger partial charge in [0, 0.05) is 9.64 Å². The average Bonchev–Trinajstić information content (AvgIpc) is 2.28. The molecule has 0 spiro atoms. The highest BCUT2D eigenvalue weighted by Crippen LogP contribution is 2.24. The lowest BCUT2D eigenvalue weighted by Crippen LogP contribution is -2.10. The summed E-state index contributed by atoms with van der Waals surface area (Å²) in [6, 6.07) is 4.48. The van der Waals surface area contributed by atoms with Gasteiger partial charge in [0.05, 0.1) is 18.0 Å². The molecule has 0 aliphatic heterocycles. The molecule has 6 heteroatoms. The number of benzene rings is 1. The molecule has 0 unspecified atom stereocenters. The Kier molecular flexibility index (Phi) is 3.05. The molecule has 0 aliphatic carbocycles. The largest absolute Gasteiger partial charge is 0.495 e. The van der Waals surface area contributed by atoms with Crippen LogP contribution in [0.4, 0.5) is 0 Å². The molecule has 0 radical (unpaired) electrons. The fraction of sp³-hybridized carbons (Fsp3) is 0.0909. The molecule has 17 heavy (non-hydrogen) atoms. The van der Waals surface area contributed by atoms with Crippen LogP contribution in [-0.2, 0) is 0 Å². The van der Waals surface area contributed by atoms with E-state index in [-0.39, 0.29) is 11.1 Å². The van der Waals surface area contributed by atoms with Gasteiger partial charge in [-0.2, -0.15) is 0 Å². The number of aromatic nitrogens is 1. The highest BCUT2D eigenvalue weighted by Gasteiger charge is 2.11. The summed E-state index contributed by atoms with van der Waals surface area (Å²) in [5.74, 6) is -0.725. The Labute approximate surface area is 110 Å². The van der Waals surface area contributed by atoms with Gasteiger partial charge in [-0.25, -0.2) is 4.79 Å². The minimum atomic E-state index is -1.18. The van der Waals surface area contributed by atoms with Crippen molar-refractivity contribution in [2.75, 3.05) is 7.11 Å². The second-order valence-electron chi connectivity index (χ2n) is 3.38. The number of H-pyrrole nitrogens is 1. The van der Waals surface area contributed by atoms with Crippen LogP contribution in [0.1, 0.15) is 10.5 Å². The van der Waals surface area contributed by atoms with Crippen LogP contribution in [0.15, 0.2) is 23.0 Å². The van der Waals surface area contributed by atoms with E-state index in [1.807, 2.05) is 0 Å². The number of methoxy groups -OCH3 is 1. The van der Waals surface area contributed by atoms with Crippen molar-refractivity contribution in [3.8, 4) is 5.75 Å². The first-order chi connectivity index (χ1) is 8.02. The van der Waals surface area contributed by atoms with Crippen molar-refractivity contribution in [1.29, 1.82) is 0 Å². The zero-order valence-electron chi connectivity index (χ0n) is 8.78. The van der Waals surface area contributed by atoms with Crippen molar-refractivity contribution in [3.05, 3.63) is 37.7 Å². The molecule has 88 valence electrons. The molecule has 0 bridgehead atoms. The number of carbonyl (C=O) groups is 1. The minimum absolute atomic E-state index is 0.151. The van der Waals surface area contributed by atoms with Crippen LogP contribution in [-0.4, -0.2) is 23.2 Å². The molecule has 0 atom stereocenters. The summed E-state index contributed by atoms with van der Waals surface area (Å²) in [4.78, 5) is 25.3. The summed E-state index contributed by atoms with van der Waals surface area (Å²) in [6.45, 7) is 0. The van der Waals surface area contributed by atoms with E-state index in [0.29, 0.717) is 16.7 Å². The molecular formula is C11H8INO4. The molecule has 0 amide bonds. The van der Waals surface area contributed by atoms with Gasteiger partial charge in [0.25, 0.3) is 0 Å². The van der Waals surface area contributed by atoms with Crippen molar-refractivity contribution >= 4 is 39.5 Å². The van der Waals surface area contributed by atoms with Gasteiger partial charge in [-0.1, -0.05) is 0 Å². The van der Waals surface area contributed by atoms with Crippen molar-refractivity contribution in [2.45, 2.75) is 0 Å². The third kappa shape index (κ3) is 2.12. The maximum Gasteiger partial charge on any atom is 0.352 e. The van der Waals surface area contributed by atoms with Gasteiger partial charge in [0.1, 0.15) is 11.4 Å². The predicted octanol–water partition coefficient (Wildman–Crippen LogP) is 1.84. The standard InChI is InChI=1S/C11H8INO4/c1-17-9-3-5(12)2-6-8(14)4-7(11(15)16)13-10(6)9/h2-4H,1H3,(H,13,14)(H,15,16). The lowest BCUT2D eigenvalue weighted by molar-refractivity contribution is 0.0691. The van der Waals surface area contributed by atoms with E-state index in [4.69, 9.17) is 9.84 Å². The van der Waals surface area contributed by atoms with Gasteiger partial charge in [-0.3, -0.25) is 4.79 Å². The smallest absolute Gasteiger partial charge is 0.352 e. The van der Waals surface area contributed by atoms with Crippen LogP contribution in [0.25, 0.3) is 10.9 Å². The van der Waals surface area contributed by atoms with Crippen LogP contribution in [0, 0.1) is 3.57 Å². The van der Waals surface area contributed by atoms with E-state index < -0.39 is 5.97 Å². The SMILES string of the molecule is COc1cc(I)cc2c(=O)cc(C(=O)O)[nH]c12. The van der Waals surface area contributed by atoms with E-state index in [2.05, 4.69) is 27.6 Å². The van der Waals surface area contributed by atoms with Crippen molar-refractivity contribution in [1.82, 2.24) is 4.98 Å². The molecule has 0 saturated carbocycles.